The molecule has 2 aliphatic heterocycles. The minimum absolute atomic E-state index is 0.702. The van der Waals surface area contributed by atoms with Crippen LogP contribution in [0.5, 0.6) is 0 Å². The van der Waals surface area contributed by atoms with Crippen molar-refractivity contribution in [3.8, 4) is 0 Å². The Hall–Kier alpha value is -0.860. The second-order valence-electron chi connectivity index (χ2n) is 5.48. The quantitative estimate of drug-likeness (QED) is 0.795. The Morgan fingerprint density at radius 1 is 1.12 bits per heavy atom. The van der Waals surface area contributed by atoms with Gasteiger partial charge in [0.05, 0.1) is 0 Å². The number of nitrogens with zero attached hydrogens (tertiary/aromatic N) is 1. The second-order valence-corrected chi connectivity index (χ2v) is 5.48. The summed E-state index contributed by atoms with van der Waals surface area (Å²) < 4.78 is 0. The van der Waals surface area contributed by atoms with Crippen LogP contribution < -0.4 is 5.32 Å². The monoisotopic (exact) mass is 230 g/mol. The largest absolute Gasteiger partial charge is 0.317 e. The summed E-state index contributed by atoms with van der Waals surface area (Å²) in [4.78, 5) is 2.73. The van der Waals surface area contributed by atoms with Crippen molar-refractivity contribution < 1.29 is 0 Å². The minimum Gasteiger partial charge on any atom is -0.317 e. The molecule has 0 aliphatic carbocycles. The molecule has 1 N–H and O–H groups in total. The second kappa shape index (κ2) is 4.79. The van der Waals surface area contributed by atoms with Crippen LogP contribution in [-0.2, 0) is 13.0 Å². The molecule has 1 aromatic carbocycles. The molecule has 0 aromatic heterocycles. The van der Waals surface area contributed by atoms with Crippen molar-refractivity contribution >= 4 is 0 Å². The molecular weight excluding hydrogens is 208 g/mol. The van der Waals surface area contributed by atoms with E-state index in [1.165, 1.54) is 32.4 Å². The molecule has 0 saturated carbocycles. The van der Waals surface area contributed by atoms with Crippen LogP contribution in [0.2, 0.25) is 0 Å². The van der Waals surface area contributed by atoms with E-state index in [1.807, 2.05) is 0 Å². The van der Waals surface area contributed by atoms with Gasteiger partial charge in [-0.05, 0) is 50.4 Å². The van der Waals surface area contributed by atoms with Gasteiger partial charge >= 0.3 is 0 Å². The number of piperidine rings is 1. The van der Waals surface area contributed by atoms with E-state index in [9.17, 15) is 0 Å². The van der Waals surface area contributed by atoms with Crippen LogP contribution in [0.3, 0.4) is 0 Å². The number of rotatable bonds is 1. The van der Waals surface area contributed by atoms with Crippen LogP contribution in [0.1, 0.15) is 30.9 Å². The summed E-state index contributed by atoms with van der Waals surface area (Å²) >= 11 is 0. The van der Waals surface area contributed by atoms with Crippen molar-refractivity contribution in [1.29, 1.82) is 0 Å². The Morgan fingerprint density at radius 3 is 2.59 bits per heavy atom. The lowest BCUT2D eigenvalue weighted by atomic mass is 9.91. The SMILES string of the molecule is CC1Cc2ccccc2CN1C1CCNCC1. The molecule has 0 radical (unpaired) electrons. The smallest absolute Gasteiger partial charge is 0.0242 e. The molecule has 2 nitrogen and oxygen atoms in total. The standard InChI is InChI=1S/C15H22N2/c1-12-10-13-4-2-3-5-14(13)11-17(12)15-6-8-16-9-7-15/h2-5,12,15-16H,6-11H2,1H3. The van der Waals surface area contributed by atoms with Gasteiger partial charge in [0.2, 0.25) is 0 Å². The third-order valence-electron chi connectivity index (χ3n) is 4.33. The third-order valence-corrected chi connectivity index (χ3v) is 4.33. The highest BCUT2D eigenvalue weighted by atomic mass is 15.2. The van der Waals surface area contributed by atoms with Crippen LogP contribution >= 0.6 is 0 Å². The highest BCUT2D eigenvalue weighted by Crippen LogP contribution is 2.27. The molecule has 1 atom stereocenters. The molecule has 0 spiro atoms. The normalized spacial score (nSPS) is 26.8. The molecule has 1 fully saturated rings. The number of benzene rings is 1. The highest BCUT2D eigenvalue weighted by molar-refractivity contribution is 5.30. The lowest BCUT2D eigenvalue weighted by Crippen LogP contribution is -2.49. The maximum atomic E-state index is 3.46. The van der Waals surface area contributed by atoms with Gasteiger partial charge in [0.1, 0.15) is 0 Å². The molecule has 0 bridgehead atoms. The number of hydrogen-bond acceptors (Lipinski definition) is 2. The van der Waals surface area contributed by atoms with Crippen molar-refractivity contribution in [1.82, 2.24) is 10.2 Å². The zero-order chi connectivity index (χ0) is 11.7. The first-order chi connectivity index (χ1) is 8.34. The maximum Gasteiger partial charge on any atom is 0.0242 e. The summed E-state index contributed by atoms with van der Waals surface area (Å²) in [6.07, 6.45) is 3.85. The van der Waals surface area contributed by atoms with Gasteiger partial charge < -0.3 is 5.32 Å². The average molecular weight is 230 g/mol. The van der Waals surface area contributed by atoms with Crippen molar-refractivity contribution in [3.63, 3.8) is 0 Å². The molecule has 17 heavy (non-hydrogen) atoms. The summed E-state index contributed by atoms with van der Waals surface area (Å²) in [7, 11) is 0. The zero-order valence-corrected chi connectivity index (χ0v) is 10.7. The Kier molecular flexibility index (Phi) is 3.17. The van der Waals surface area contributed by atoms with Crippen molar-refractivity contribution in [2.45, 2.75) is 44.8 Å². The molecule has 2 heteroatoms. The number of hydrogen-bond donors (Lipinski definition) is 1. The summed E-state index contributed by atoms with van der Waals surface area (Å²) in [5.41, 5.74) is 3.11. The Balaban J connectivity index is 1.79. The van der Waals surface area contributed by atoms with Crippen molar-refractivity contribution in [2.75, 3.05) is 13.1 Å². The molecule has 2 heterocycles. The molecule has 3 rings (SSSR count). The van der Waals surface area contributed by atoms with Crippen molar-refractivity contribution in [2.24, 2.45) is 0 Å². The molecule has 1 unspecified atom stereocenters. The lowest BCUT2D eigenvalue weighted by molar-refractivity contribution is 0.0985. The van der Waals surface area contributed by atoms with Crippen LogP contribution in [0.15, 0.2) is 24.3 Å². The van der Waals surface area contributed by atoms with E-state index in [0.717, 1.165) is 12.6 Å². The average Bonchev–Trinajstić information content (AvgIpc) is 2.39. The van der Waals surface area contributed by atoms with E-state index >= 15 is 0 Å². The summed E-state index contributed by atoms with van der Waals surface area (Å²) in [5, 5.41) is 3.46. The van der Waals surface area contributed by atoms with Gasteiger partial charge in [-0.15, -0.1) is 0 Å². The predicted molar refractivity (Wildman–Crippen MR) is 71.0 cm³/mol. The lowest BCUT2D eigenvalue weighted by Gasteiger charge is -2.42. The summed E-state index contributed by atoms with van der Waals surface area (Å²) in [6.45, 7) is 5.92. The van der Waals surface area contributed by atoms with Crippen LogP contribution in [0.25, 0.3) is 0 Å². The third kappa shape index (κ3) is 2.24. The number of fused-ring (bicyclic) bond motifs is 1. The Labute approximate surface area is 104 Å². The van der Waals surface area contributed by atoms with Gasteiger partial charge in [0, 0.05) is 18.6 Å². The van der Waals surface area contributed by atoms with E-state index in [4.69, 9.17) is 0 Å². The molecule has 1 aromatic rings. The van der Waals surface area contributed by atoms with E-state index in [2.05, 4.69) is 41.4 Å². The zero-order valence-electron chi connectivity index (χ0n) is 10.7. The first-order valence-electron chi connectivity index (χ1n) is 6.88. The minimum atomic E-state index is 0.702. The molecule has 1 saturated heterocycles. The fraction of sp³-hybridized carbons (Fsp3) is 0.600. The van der Waals surface area contributed by atoms with Crippen LogP contribution in [0.4, 0.5) is 0 Å². The van der Waals surface area contributed by atoms with E-state index in [1.54, 1.807) is 11.1 Å². The fourth-order valence-corrected chi connectivity index (χ4v) is 3.33. The highest BCUT2D eigenvalue weighted by Gasteiger charge is 2.29. The Morgan fingerprint density at radius 2 is 1.82 bits per heavy atom. The van der Waals surface area contributed by atoms with Gasteiger partial charge in [-0.3, -0.25) is 4.90 Å². The molecule has 0 amide bonds. The first-order valence-corrected chi connectivity index (χ1v) is 6.88. The van der Waals surface area contributed by atoms with Gasteiger partial charge in [-0.1, -0.05) is 24.3 Å². The van der Waals surface area contributed by atoms with Gasteiger partial charge in [0.15, 0.2) is 0 Å². The summed E-state index contributed by atoms with van der Waals surface area (Å²) in [5.74, 6) is 0. The topological polar surface area (TPSA) is 15.3 Å². The van der Waals surface area contributed by atoms with Crippen LogP contribution in [-0.4, -0.2) is 30.1 Å². The molecule has 92 valence electrons. The van der Waals surface area contributed by atoms with Gasteiger partial charge in [-0.2, -0.15) is 0 Å². The maximum absolute atomic E-state index is 3.46. The van der Waals surface area contributed by atoms with E-state index in [0.29, 0.717) is 6.04 Å². The van der Waals surface area contributed by atoms with Gasteiger partial charge in [-0.25, -0.2) is 0 Å². The first kappa shape index (κ1) is 11.2. The Bertz CT molecular complexity index is 382. The summed E-state index contributed by atoms with van der Waals surface area (Å²) in [6, 6.07) is 10.4. The van der Waals surface area contributed by atoms with Gasteiger partial charge in [0.25, 0.3) is 0 Å². The molecular formula is C15H22N2. The van der Waals surface area contributed by atoms with Crippen LogP contribution in [0, 0.1) is 0 Å². The molecule has 2 aliphatic rings. The van der Waals surface area contributed by atoms with E-state index < -0.39 is 0 Å². The van der Waals surface area contributed by atoms with Crippen molar-refractivity contribution in [3.05, 3.63) is 35.4 Å². The predicted octanol–water partition coefficient (Wildman–Crippen LogP) is 2.19. The fourth-order valence-electron chi connectivity index (χ4n) is 3.33. The van der Waals surface area contributed by atoms with E-state index in [-0.39, 0.29) is 0 Å². The number of nitrogens with one attached hydrogen (secondary N) is 1.